The molecule has 2 aliphatic rings. The van der Waals surface area contributed by atoms with Crippen molar-refractivity contribution >= 4 is 17.5 Å². The number of thioether (sulfide) groups is 1. The van der Waals surface area contributed by atoms with E-state index in [4.69, 9.17) is 0 Å². The molecule has 1 aromatic rings. The van der Waals surface area contributed by atoms with Crippen molar-refractivity contribution in [1.29, 1.82) is 0 Å². The minimum absolute atomic E-state index is 0.178. The third-order valence-electron chi connectivity index (χ3n) is 5.40. The molecule has 0 spiro atoms. The van der Waals surface area contributed by atoms with Crippen LogP contribution in [0.15, 0.2) is 29.2 Å². The molecule has 3 nitrogen and oxygen atoms in total. The molecule has 0 aliphatic carbocycles. The van der Waals surface area contributed by atoms with Crippen LogP contribution >= 0.6 is 11.8 Å². The number of benzene rings is 1. The highest BCUT2D eigenvalue weighted by atomic mass is 32.2. The van der Waals surface area contributed by atoms with E-state index in [1.54, 1.807) is 11.8 Å². The van der Waals surface area contributed by atoms with E-state index in [2.05, 4.69) is 29.2 Å². The number of carbonyl (C=O) groups excluding carboxylic acids is 1. The molecule has 0 radical (unpaired) electrons. The van der Waals surface area contributed by atoms with Gasteiger partial charge >= 0.3 is 0 Å². The molecule has 0 saturated carbocycles. The van der Waals surface area contributed by atoms with E-state index in [1.165, 1.54) is 32.5 Å². The lowest BCUT2D eigenvalue weighted by molar-refractivity contribution is 0.0628. The van der Waals surface area contributed by atoms with Gasteiger partial charge in [0.1, 0.15) is 0 Å². The average Bonchev–Trinajstić information content (AvgIpc) is 2.62. The number of nitrogens with zero attached hydrogens (tertiary/aromatic N) is 2. The largest absolute Gasteiger partial charge is 0.306 e. The first-order valence-corrected chi connectivity index (χ1v) is 10.0. The van der Waals surface area contributed by atoms with Gasteiger partial charge in [-0.05, 0) is 64.7 Å². The summed E-state index contributed by atoms with van der Waals surface area (Å²) in [7, 11) is 2.21. The number of likely N-dealkylation sites (tertiary alicyclic amines) is 2. The van der Waals surface area contributed by atoms with E-state index >= 15 is 0 Å². The summed E-state index contributed by atoms with van der Waals surface area (Å²) in [5, 5.41) is 0. The molecule has 3 rings (SSSR count). The molecule has 0 amide bonds. The topological polar surface area (TPSA) is 23.6 Å². The van der Waals surface area contributed by atoms with Crippen LogP contribution in [0.2, 0.25) is 0 Å². The van der Waals surface area contributed by atoms with Crippen molar-refractivity contribution in [3.8, 4) is 0 Å². The van der Waals surface area contributed by atoms with Crippen molar-refractivity contribution in [3.63, 3.8) is 0 Å². The van der Waals surface area contributed by atoms with Crippen LogP contribution in [-0.4, -0.2) is 61.1 Å². The van der Waals surface area contributed by atoms with Crippen LogP contribution in [0.1, 0.15) is 36.0 Å². The second-order valence-electron chi connectivity index (χ2n) is 6.93. The molecule has 1 atom stereocenters. The molecule has 0 bridgehead atoms. The summed E-state index contributed by atoms with van der Waals surface area (Å²) in [4.78, 5) is 19.1. The maximum absolute atomic E-state index is 13.0. The molecular weight excluding hydrogens is 304 g/mol. The molecule has 0 N–H and O–H groups in total. The SMILES string of the molecule is CSc1ccccc1C(=O)[C@H]1CCCN(C2CCN(C)CC2)C1. The van der Waals surface area contributed by atoms with Gasteiger partial charge in [-0.15, -0.1) is 11.8 Å². The lowest BCUT2D eigenvalue weighted by Crippen LogP contribution is -2.48. The maximum atomic E-state index is 13.0. The molecule has 2 heterocycles. The second-order valence-corrected chi connectivity index (χ2v) is 7.78. The summed E-state index contributed by atoms with van der Waals surface area (Å²) in [6, 6.07) is 8.76. The zero-order chi connectivity index (χ0) is 16.2. The molecular formula is C19H28N2OS. The number of carbonyl (C=O) groups is 1. The molecule has 1 aromatic carbocycles. The highest BCUT2D eigenvalue weighted by Gasteiger charge is 2.32. The molecule has 2 aliphatic heterocycles. The number of rotatable bonds is 4. The van der Waals surface area contributed by atoms with Crippen molar-refractivity contribution in [2.75, 3.05) is 39.5 Å². The quantitative estimate of drug-likeness (QED) is 0.623. The Balaban J connectivity index is 1.67. The number of Topliss-reactive ketones (excluding diaryl/α,β-unsaturated/α-hetero) is 1. The average molecular weight is 333 g/mol. The summed E-state index contributed by atoms with van der Waals surface area (Å²) in [5.74, 6) is 0.532. The Morgan fingerprint density at radius 2 is 1.87 bits per heavy atom. The normalized spacial score (nSPS) is 24.7. The standard InChI is InChI=1S/C19H28N2OS/c1-20-12-9-16(10-13-20)21-11-5-6-15(14-21)19(22)17-7-3-4-8-18(17)23-2/h3-4,7-8,15-16H,5-6,9-14H2,1-2H3/t15-/m0/s1. The highest BCUT2D eigenvalue weighted by molar-refractivity contribution is 7.98. The summed E-state index contributed by atoms with van der Waals surface area (Å²) >= 11 is 1.68. The number of piperidine rings is 2. The smallest absolute Gasteiger partial charge is 0.168 e. The van der Waals surface area contributed by atoms with E-state index in [0.29, 0.717) is 11.8 Å². The Morgan fingerprint density at radius 3 is 2.61 bits per heavy atom. The predicted octanol–water partition coefficient (Wildman–Crippen LogP) is 3.40. The van der Waals surface area contributed by atoms with Crippen LogP contribution in [0.25, 0.3) is 0 Å². The van der Waals surface area contributed by atoms with Gasteiger partial charge in [0.05, 0.1) is 0 Å². The molecule has 0 aromatic heterocycles. The van der Waals surface area contributed by atoms with Crippen molar-refractivity contribution in [2.45, 2.75) is 36.6 Å². The Kier molecular flexibility index (Phi) is 5.78. The lowest BCUT2D eigenvalue weighted by Gasteiger charge is -2.41. The van der Waals surface area contributed by atoms with Crippen LogP contribution in [0.3, 0.4) is 0 Å². The zero-order valence-corrected chi connectivity index (χ0v) is 15.1. The van der Waals surface area contributed by atoms with E-state index in [9.17, 15) is 4.79 Å². The summed E-state index contributed by atoms with van der Waals surface area (Å²) in [6.45, 7) is 4.50. The van der Waals surface area contributed by atoms with Gasteiger partial charge in [-0.25, -0.2) is 0 Å². The minimum atomic E-state index is 0.178. The molecule has 4 heteroatoms. The number of hydrogen-bond acceptors (Lipinski definition) is 4. The van der Waals surface area contributed by atoms with Crippen molar-refractivity contribution in [3.05, 3.63) is 29.8 Å². The van der Waals surface area contributed by atoms with Crippen LogP contribution in [0.4, 0.5) is 0 Å². The van der Waals surface area contributed by atoms with Crippen molar-refractivity contribution < 1.29 is 4.79 Å². The highest BCUT2D eigenvalue weighted by Crippen LogP contribution is 2.29. The first-order chi connectivity index (χ1) is 11.2. The number of hydrogen-bond donors (Lipinski definition) is 0. The van der Waals surface area contributed by atoms with Gasteiger partial charge in [-0.1, -0.05) is 18.2 Å². The van der Waals surface area contributed by atoms with E-state index in [1.807, 2.05) is 18.2 Å². The van der Waals surface area contributed by atoms with E-state index < -0.39 is 0 Å². The van der Waals surface area contributed by atoms with Crippen LogP contribution < -0.4 is 0 Å². The second kappa shape index (κ2) is 7.82. The molecule has 23 heavy (non-hydrogen) atoms. The molecule has 2 saturated heterocycles. The van der Waals surface area contributed by atoms with E-state index in [-0.39, 0.29) is 5.92 Å². The predicted molar refractivity (Wildman–Crippen MR) is 97.4 cm³/mol. The lowest BCUT2D eigenvalue weighted by atomic mass is 9.88. The first kappa shape index (κ1) is 17.0. The van der Waals surface area contributed by atoms with Gasteiger partial charge in [-0.3, -0.25) is 9.69 Å². The zero-order valence-electron chi connectivity index (χ0n) is 14.3. The van der Waals surface area contributed by atoms with E-state index in [0.717, 1.165) is 29.8 Å². The van der Waals surface area contributed by atoms with Crippen LogP contribution in [0, 0.1) is 5.92 Å². The van der Waals surface area contributed by atoms with Gasteiger partial charge in [-0.2, -0.15) is 0 Å². The first-order valence-electron chi connectivity index (χ1n) is 8.79. The monoisotopic (exact) mass is 332 g/mol. The fourth-order valence-corrected chi connectivity index (χ4v) is 4.58. The molecule has 2 fully saturated rings. The minimum Gasteiger partial charge on any atom is -0.306 e. The summed E-state index contributed by atoms with van der Waals surface area (Å²) < 4.78 is 0. The Hall–Kier alpha value is -0.840. The Labute approximate surface area is 144 Å². The van der Waals surface area contributed by atoms with Gasteiger partial charge < -0.3 is 4.90 Å². The van der Waals surface area contributed by atoms with Crippen LogP contribution in [0.5, 0.6) is 0 Å². The van der Waals surface area contributed by atoms with Crippen LogP contribution in [-0.2, 0) is 0 Å². The van der Waals surface area contributed by atoms with Gasteiger partial charge in [0.15, 0.2) is 5.78 Å². The fraction of sp³-hybridized carbons (Fsp3) is 0.632. The maximum Gasteiger partial charge on any atom is 0.168 e. The van der Waals surface area contributed by atoms with Crippen molar-refractivity contribution in [1.82, 2.24) is 9.80 Å². The third kappa shape index (κ3) is 3.98. The summed E-state index contributed by atoms with van der Waals surface area (Å²) in [5.41, 5.74) is 0.926. The molecule has 126 valence electrons. The fourth-order valence-electron chi connectivity index (χ4n) is 3.98. The molecule has 0 unspecified atom stereocenters. The van der Waals surface area contributed by atoms with Gasteiger partial charge in [0.25, 0.3) is 0 Å². The number of ketones is 1. The summed E-state index contributed by atoms with van der Waals surface area (Å²) in [6.07, 6.45) is 6.75. The Bertz CT molecular complexity index is 540. The van der Waals surface area contributed by atoms with Crippen molar-refractivity contribution in [2.24, 2.45) is 5.92 Å². The van der Waals surface area contributed by atoms with Gasteiger partial charge in [0.2, 0.25) is 0 Å². The Morgan fingerprint density at radius 1 is 1.13 bits per heavy atom. The van der Waals surface area contributed by atoms with Gasteiger partial charge in [0, 0.05) is 29.0 Å². The third-order valence-corrected chi connectivity index (χ3v) is 6.20.